The van der Waals surface area contributed by atoms with Gasteiger partial charge in [0, 0.05) is 30.7 Å². The second kappa shape index (κ2) is 6.59. The zero-order valence-electron chi connectivity index (χ0n) is 13.2. The summed E-state index contributed by atoms with van der Waals surface area (Å²) < 4.78 is 5.52. The van der Waals surface area contributed by atoms with E-state index in [1.165, 1.54) is 24.0 Å². The van der Waals surface area contributed by atoms with Crippen LogP contribution in [-0.2, 0) is 6.54 Å². The third kappa shape index (κ3) is 3.97. The lowest BCUT2D eigenvalue weighted by Crippen LogP contribution is -2.29. The lowest BCUT2D eigenvalue weighted by molar-refractivity contribution is 0.223. The van der Waals surface area contributed by atoms with E-state index in [2.05, 4.69) is 36.9 Å². The molecule has 1 aliphatic carbocycles. The van der Waals surface area contributed by atoms with Gasteiger partial charge in [-0.25, -0.2) is 0 Å². The summed E-state index contributed by atoms with van der Waals surface area (Å²) in [6.07, 6.45) is 2.67. The van der Waals surface area contributed by atoms with E-state index < -0.39 is 0 Å². The molecule has 2 N–H and O–H groups in total. The van der Waals surface area contributed by atoms with Crippen molar-refractivity contribution in [3.63, 3.8) is 0 Å². The van der Waals surface area contributed by atoms with Crippen molar-refractivity contribution in [2.45, 2.75) is 52.2 Å². The minimum absolute atomic E-state index is 0.0686. The maximum absolute atomic E-state index is 6.00. The van der Waals surface area contributed by atoms with Crippen LogP contribution in [0.1, 0.15) is 50.8 Å². The molecule has 0 bridgehead atoms. The highest BCUT2D eigenvalue weighted by Crippen LogP contribution is 2.31. The van der Waals surface area contributed by atoms with Crippen molar-refractivity contribution in [2.75, 3.05) is 13.7 Å². The van der Waals surface area contributed by atoms with E-state index in [1.54, 1.807) is 7.11 Å². The smallest absolute Gasteiger partial charge is 0.123 e. The van der Waals surface area contributed by atoms with Crippen molar-refractivity contribution in [1.82, 2.24) is 4.90 Å². The predicted molar refractivity (Wildman–Crippen MR) is 83.9 cm³/mol. The molecule has 20 heavy (non-hydrogen) atoms. The molecule has 112 valence electrons. The number of nitrogens with zero attached hydrogens (tertiary/aromatic N) is 1. The van der Waals surface area contributed by atoms with Crippen LogP contribution in [-0.4, -0.2) is 24.6 Å². The van der Waals surface area contributed by atoms with Gasteiger partial charge in [0.15, 0.2) is 0 Å². The Morgan fingerprint density at radius 3 is 2.50 bits per heavy atom. The first-order chi connectivity index (χ1) is 9.51. The molecule has 1 unspecified atom stereocenters. The van der Waals surface area contributed by atoms with Gasteiger partial charge in [0.1, 0.15) is 5.75 Å². The van der Waals surface area contributed by atoms with Gasteiger partial charge in [-0.2, -0.15) is 0 Å². The summed E-state index contributed by atoms with van der Waals surface area (Å²) in [6.45, 7) is 8.71. The van der Waals surface area contributed by atoms with E-state index in [-0.39, 0.29) is 6.04 Å². The van der Waals surface area contributed by atoms with Crippen LogP contribution < -0.4 is 10.5 Å². The summed E-state index contributed by atoms with van der Waals surface area (Å²) in [4.78, 5) is 2.59. The Hall–Kier alpha value is -1.06. The maximum atomic E-state index is 6.00. The summed E-state index contributed by atoms with van der Waals surface area (Å²) >= 11 is 0. The van der Waals surface area contributed by atoms with Crippen LogP contribution >= 0.6 is 0 Å². The third-order valence-corrected chi connectivity index (χ3v) is 3.87. The monoisotopic (exact) mass is 276 g/mol. The van der Waals surface area contributed by atoms with Crippen LogP contribution in [0.15, 0.2) is 18.2 Å². The van der Waals surface area contributed by atoms with Gasteiger partial charge in [0.05, 0.1) is 7.11 Å². The normalized spacial score (nSPS) is 16.8. The Morgan fingerprint density at radius 1 is 1.30 bits per heavy atom. The van der Waals surface area contributed by atoms with Gasteiger partial charge in [-0.15, -0.1) is 0 Å². The Labute approximate surface area is 123 Å². The maximum Gasteiger partial charge on any atom is 0.123 e. The fraction of sp³-hybridized carbons (Fsp3) is 0.647. The Bertz CT molecular complexity index is 439. The van der Waals surface area contributed by atoms with E-state index >= 15 is 0 Å². The minimum atomic E-state index is 0.0686. The van der Waals surface area contributed by atoms with E-state index in [1.807, 2.05) is 6.92 Å². The zero-order valence-corrected chi connectivity index (χ0v) is 13.2. The zero-order chi connectivity index (χ0) is 14.7. The van der Waals surface area contributed by atoms with Gasteiger partial charge >= 0.3 is 0 Å². The van der Waals surface area contributed by atoms with Crippen molar-refractivity contribution in [3.05, 3.63) is 29.3 Å². The molecule has 0 radical (unpaired) electrons. The lowest BCUT2D eigenvalue weighted by Gasteiger charge is -2.25. The summed E-state index contributed by atoms with van der Waals surface area (Å²) in [5.74, 6) is 1.67. The number of nitrogens with two attached hydrogens (primary N) is 1. The average Bonchev–Trinajstić information content (AvgIpc) is 3.21. The SMILES string of the molecule is COc1ccc(C(C)N)cc1CN(CC(C)C)C1CC1. The van der Waals surface area contributed by atoms with Crippen LogP contribution in [0.5, 0.6) is 5.75 Å². The Kier molecular flexibility index (Phi) is 5.06. The van der Waals surface area contributed by atoms with Crippen molar-refractivity contribution in [1.29, 1.82) is 0 Å². The first-order valence-corrected chi connectivity index (χ1v) is 7.67. The van der Waals surface area contributed by atoms with Gasteiger partial charge in [-0.3, -0.25) is 4.90 Å². The second-order valence-electron chi connectivity index (χ2n) is 6.41. The molecule has 0 saturated heterocycles. The molecular formula is C17H28N2O. The molecule has 1 atom stereocenters. The quantitative estimate of drug-likeness (QED) is 0.830. The number of benzene rings is 1. The topological polar surface area (TPSA) is 38.5 Å². The number of rotatable bonds is 7. The molecule has 0 aliphatic heterocycles. The summed E-state index contributed by atoms with van der Waals surface area (Å²) in [5.41, 5.74) is 8.44. The van der Waals surface area contributed by atoms with Crippen LogP contribution in [0.2, 0.25) is 0 Å². The lowest BCUT2D eigenvalue weighted by atomic mass is 10.0. The molecule has 1 aromatic rings. The molecule has 1 saturated carbocycles. The largest absolute Gasteiger partial charge is 0.496 e. The van der Waals surface area contributed by atoms with E-state index in [4.69, 9.17) is 10.5 Å². The van der Waals surface area contributed by atoms with Gasteiger partial charge < -0.3 is 10.5 Å². The average molecular weight is 276 g/mol. The Morgan fingerprint density at radius 2 is 2.00 bits per heavy atom. The highest BCUT2D eigenvalue weighted by atomic mass is 16.5. The van der Waals surface area contributed by atoms with E-state index in [9.17, 15) is 0 Å². The van der Waals surface area contributed by atoms with Gasteiger partial charge in [0.2, 0.25) is 0 Å². The van der Waals surface area contributed by atoms with E-state index in [0.717, 1.165) is 24.9 Å². The standard InChI is InChI=1S/C17H28N2O/c1-12(2)10-19(16-6-7-16)11-15-9-14(13(3)18)5-8-17(15)20-4/h5,8-9,12-13,16H,6-7,10-11,18H2,1-4H3. The third-order valence-electron chi connectivity index (χ3n) is 3.87. The second-order valence-corrected chi connectivity index (χ2v) is 6.41. The van der Waals surface area contributed by atoms with Gasteiger partial charge in [-0.1, -0.05) is 19.9 Å². The number of hydrogen-bond donors (Lipinski definition) is 1. The van der Waals surface area contributed by atoms with Crippen molar-refractivity contribution < 1.29 is 4.74 Å². The van der Waals surface area contributed by atoms with Gasteiger partial charge in [-0.05, 0) is 43.4 Å². The van der Waals surface area contributed by atoms with E-state index in [0.29, 0.717) is 5.92 Å². The number of ether oxygens (including phenoxy) is 1. The van der Waals surface area contributed by atoms with Gasteiger partial charge in [0.25, 0.3) is 0 Å². The molecule has 1 fully saturated rings. The summed E-state index contributed by atoms with van der Waals surface area (Å²) in [6, 6.07) is 7.16. The summed E-state index contributed by atoms with van der Waals surface area (Å²) in [5, 5.41) is 0. The molecule has 0 amide bonds. The number of hydrogen-bond acceptors (Lipinski definition) is 3. The molecular weight excluding hydrogens is 248 g/mol. The highest BCUT2D eigenvalue weighted by molar-refractivity contribution is 5.38. The Balaban J connectivity index is 2.18. The minimum Gasteiger partial charge on any atom is -0.496 e. The molecule has 3 nitrogen and oxygen atoms in total. The van der Waals surface area contributed by atoms with Crippen molar-refractivity contribution in [3.8, 4) is 5.75 Å². The summed E-state index contributed by atoms with van der Waals surface area (Å²) in [7, 11) is 1.74. The van der Waals surface area contributed by atoms with Crippen LogP contribution in [0.4, 0.5) is 0 Å². The predicted octanol–water partition coefficient (Wildman–Crippen LogP) is 3.34. The first-order valence-electron chi connectivity index (χ1n) is 7.67. The first kappa shape index (κ1) is 15.3. The molecule has 3 heteroatoms. The van der Waals surface area contributed by atoms with Crippen molar-refractivity contribution in [2.24, 2.45) is 11.7 Å². The molecule has 0 aromatic heterocycles. The molecule has 0 heterocycles. The molecule has 1 aromatic carbocycles. The molecule has 0 spiro atoms. The van der Waals surface area contributed by atoms with Crippen LogP contribution in [0, 0.1) is 5.92 Å². The fourth-order valence-corrected chi connectivity index (χ4v) is 2.68. The van der Waals surface area contributed by atoms with Crippen LogP contribution in [0.25, 0.3) is 0 Å². The highest BCUT2D eigenvalue weighted by Gasteiger charge is 2.29. The van der Waals surface area contributed by atoms with Crippen LogP contribution in [0.3, 0.4) is 0 Å². The molecule has 1 aliphatic rings. The van der Waals surface area contributed by atoms with Crippen molar-refractivity contribution >= 4 is 0 Å². The number of methoxy groups -OCH3 is 1. The molecule has 2 rings (SSSR count). The fourth-order valence-electron chi connectivity index (χ4n) is 2.68.